The Morgan fingerprint density at radius 2 is 2.11 bits per heavy atom. The molecule has 96 valence electrons. The Balaban J connectivity index is 2.63. The molecule has 2 heterocycles. The van der Waals surface area contributed by atoms with Crippen LogP contribution >= 0.6 is 10.7 Å². The van der Waals surface area contributed by atoms with E-state index in [1.165, 1.54) is 16.8 Å². The van der Waals surface area contributed by atoms with E-state index in [0.29, 0.717) is 5.56 Å². The van der Waals surface area contributed by atoms with E-state index in [2.05, 4.69) is 15.2 Å². The first kappa shape index (κ1) is 12.9. The van der Waals surface area contributed by atoms with Crippen LogP contribution in [0.2, 0.25) is 0 Å². The highest BCUT2D eigenvalue weighted by Crippen LogP contribution is 2.22. The molecular weight excluding hydrogens is 283 g/mol. The van der Waals surface area contributed by atoms with Crippen molar-refractivity contribution in [3.63, 3.8) is 0 Å². The molecule has 2 aromatic heterocycles. The molecule has 0 spiro atoms. The molecule has 0 saturated carbocycles. The summed E-state index contributed by atoms with van der Waals surface area (Å²) in [5.74, 6) is -0.350. The van der Waals surface area contributed by atoms with Crippen LogP contribution in [0.3, 0.4) is 0 Å². The Morgan fingerprint density at radius 3 is 2.67 bits per heavy atom. The summed E-state index contributed by atoms with van der Waals surface area (Å²) < 4.78 is 36.9. The summed E-state index contributed by atoms with van der Waals surface area (Å²) in [6.45, 7) is 1.98. The van der Waals surface area contributed by atoms with E-state index < -0.39 is 14.9 Å². The maximum absolute atomic E-state index is 13.1. The minimum Gasteiger partial charge on any atom is -0.297 e. The summed E-state index contributed by atoms with van der Waals surface area (Å²) in [5, 5.41) is 6.85. The van der Waals surface area contributed by atoms with Gasteiger partial charge >= 0.3 is 0 Å². The zero-order chi connectivity index (χ0) is 13.3. The SMILES string of the molecule is CCn1c(-c2cncc(F)c2)nnc1S(=O)(=O)Cl. The molecule has 2 rings (SSSR count). The number of nitrogens with zero attached hydrogens (tertiary/aromatic N) is 4. The molecule has 0 N–H and O–H groups in total. The molecule has 0 aliphatic rings. The van der Waals surface area contributed by atoms with Crippen LogP contribution in [0.4, 0.5) is 4.39 Å². The zero-order valence-electron chi connectivity index (χ0n) is 9.21. The van der Waals surface area contributed by atoms with Crippen LogP contribution in [0, 0.1) is 5.82 Å². The molecule has 0 aromatic carbocycles. The van der Waals surface area contributed by atoms with E-state index in [1.54, 1.807) is 6.92 Å². The molecule has 18 heavy (non-hydrogen) atoms. The molecule has 0 unspecified atom stereocenters. The third-order valence-electron chi connectivity index (χ3n) is 2.21. The quantitative estimate of drug-likeness (QED) is 0.799. The molecule has 0 amide bonds. The van der Waals surface area contributed by atoms with Gasteiger partial charge in [-0.05, 0) is 13.0 Å². The van der Waals surface area contributed by atoms with E-state index in [1.807, 2.05) is 0 Å². The van der Waals surface area contributed by atoms with Gasteiger partial charge in [0.15, 0.2) is 5.82 Å². The van der Waals surface area contributed by atoms with Gasteiger partial charge in [-0.2, -0.15) is 0 Å². The lowest BCUT2D eigenvalue weighted by molar-refractivity contribution is 0.582. The van der Waals surface area contributed by atoms with Crippen LogP contribution in [0.1, 0.15) is 6.92 Å². The van der Waals surface area contributed by atoms with Crippen LogP contribution in [0.25, 0.3) is 11.4 Å². The van der Waals surface area contributed by atoms with Crippen molar-refractivity contribution >= 4 is 19.7 Å². The minimum atomic E-state index is -4.00. The number of pyridine rings is 1. The first-order chi connectivity index (χ1) is 8.43. The molecule has 0 saturated heterocycles. The van der Waals surface area contributed by atoms with Gasteiger partial charge in [-0.3, -0.25) is 9.55 Å². The van der Waals surface area contributed by atoms with Crippen molar-refractivity contribution in [1.29, 1.82) is 0 Å². The van der Waals surface area contributed by atoms with E-state index >= 15 is 0 Å². The lowest BCUT2D eigenvalue weighted by Crippen LogP contribution is -2.06. The van der Waals surface area contributed by atoms with E-state index in [-0.39, 0.29) is 17.5 Å². The molecule has 0 fully saturated rings. The van der Waals surface area contributed by atoms with Gasteiger partial charge in [0, 0.05) is 29.0 Å². The molecule has 6 nitrogen and oxygen atoms in total. The number of halogens is 2. The fraction of sp³-hybridized carbons (Fsp3) is 0.222. The van der Waals surface area contributed by atoms with Crippen LogP contribution in [0.15, 0.2) is 23.6 Å². The molecule has 0 aliphatic heterocycles. The summed E-state index contributed by atoms with van der Waals surface area (Å²) in [5.41, 5.74) is 0.330. The average molecular weight is 291 g/mol. The van der Waals surface area contributed by atoms with Crippen LogP contribution < -0.4 is 0 Å². The second-order valence-corrected chi connectivity index (χ2v) is 5.84. The molecule has 0 radical (unpaired) electrons. The standard InChI is InChI=1S/C9H8ClFN4O2S/c1-2-15-8(6-3-7(11)5-12-4-6)13-14-9(15)18(10,16)17/h3-5H,2H2,1H3. The third kappa shape index (κ3) is 2.34. The lowest BCUT2D eigenvalue weighted by atomic mass is 10.2. The maximum Gasteiger partial charge on any atom is 0.296 e. The zero-order valence-corrected chi connectivity index (χ0v) is 10.8. The van der Waals surface area contributed by atoms with Crippen molar-refractivity contribution in [2.24, 2.45) is 0 Å². The van der Waals surface area contributed by atoms with Gasteiger partial charge in [0.2, 0.25) is 0 Å². The first-order valence-electron chi connectivity index (χ1n) is 4.92. The number of aromatic nitrogens is 4. The average Bonchev–Trinajstić information content (AvgIpc) is 2.72. The highest BCUT2D eigenvalue weighted by atomic mass is 35.7. The van der Waals surface area contributed by atoms with Crippen LogP contribution in [0.5, 0.6) is 0 Å². The first-order valence-corrected chi connectivity index (χ1v) is 7.23. The fourth-order valence-electron chi connectivity index (χ4n) is 1.50. The summed E-state index contributed by atoms with van der Waals surface area (Å²) in [4.78, 5) is 3.67. The van der Waals surface area contributed by atoms with Gasteiger partial charge in [-0.1, -0.05) is 0 Å². The summed E-state index contributed by atoms with van der Waals surface area (Å²) >= 11 is 0. The van der Waals surface area contributed by atoms with Crippen LogP contribution in [-0.4, -0.2) is 28.2 Å². The molecule has 2 aromatic rings. The maximum atomic E-state index is 13.1. The highest BCUT2D eigenvalue weighted by Gasteiger charge is 2.22. The molecule has 0 bridgehead atoms. The predicted molar refractivity (Wildman–Crippen MR) is 61.9 cm³/mol. The largest absolute Gasteiger partial charge is 0.297 e. The predicted octanol–water partition coefficient (Wildman–Crippen LogP) is 1.43. The lowest BCUT2D eigenvalue weighted by Gasteiger charge is -2.05. The van der Waals surface area contributed by atoms with Crippen molar-refractivity contribution in [3.05, 3.63) is 24.3 Å². The Kier molecular flexibility index (Phi) is 3.31. The fourth-order valence-corrected chi connectivity index (χ4v) is 2.46. The summed E-state index contributed by atoms with van der Waals surface area (Å²) in [6, 6.07) is 1.19. The molecule has 9 heteroatoms. The summed E-state index contributed by atoms with van der Waals surface area (Å²) in [6.07, 6.45) is 2.40. The normalized spacial score (nSPS) is 11.7. The van der Waals surface area contributed by atoms with Crippen molar-refractivity contribution in [3.8, 4) is 11.4 Å². The summed E-state index contributed by atoms with van der Waals surface area (Å²) in [7, 11) is 1.24. The van der Waals surface area contributed by atoms with Gasteiger partial charge in [-0.25, -0.2) is 12.8 Å². The van der Waals surface area contributed by atoms with Crippen LogP contribution in [-0.2, 0) is 15.6 Å². The van der Waals surface area contributed by atoms with Crippen molar-refractivity contribution in [2.45, 2.75) is 18.6 Å². The smallest absolute Gasteiger partial charge is 0.296 e. The van der Waals surface area contributed by atoms with Gasteiger partial charge in [0.1, 0.15) is 5.82 Å². The number of hydrogen-bond acceptors (Lipinski definition) is 5. The highest BCUT2D eigenvalue weighted by molar-refractivity contribution is 8.13. The van der Waals surface area contributed by atoms with Crippen molar-refractivity contribution < 1.29 is 12.8 Å². The van der Waals surface area contributed by atoms with Crippen molar-refractivity contribution in [2.75, 3.05) is 0 Å². The topological polar surface area (TPSA) is 77.7 Å². The minimum absolute atomic E-state index is 0.198. The van der Waals surface area contributed by atoms with Crippen molar-refractivity contribution in [1.82, 2.24) is 19.7 Å². The number of rotatable bonds is 3. The van der Waals surface area contributed by atoms with Gasteiger partial charge in [0.25, 0.3) is 14.2 Å². The molecule has 0 aliphatic carbocycles. The third-order valence-corrected chi connectivity index (χ3v) is 3.37. The molecular formula is C9H8ClFN4O2S. The number of hydrogen-bond donors (Lipinski definition) is 0. The molecule has 0 atom stereocenters. The second kappa shape index (κ2) is 4.62. The van der Waals surface area contributed by atoms with Gasteiger partial charge in [-0.15, -0.1) is 10.2 Å². The monoisotopic (exact) mass is 290 g/mol. The Hall–Kier alpha value is -1.54. The Labute approximate surface area is 107 Å². The van der Waals surface area contributed by atoms with Gasteiger partial charge in [0.05, 0.1) is 6.20 Å². The Morgan fingerprint density at radius 1 is 1.39 bits per heavy atom. The Bertz CT molecular complexity index is 686. The second-order valence-electron chi connectivity index (χ2n) is 3.38. The van der Waals surface area contributed by atoms with E-state index in [9.17, 15) is 12.8 Å². The van der Waals surface area contributed by atoms with E-state index in [4.69, 9.17) is 10.7 Å². The van der Waals surface area contributed by atoms with E-state index in [0.717, 1.165) is 6.20 Å². The van der Waals surface area contributed by atoms with Gasteiger partial charge < -0.3 is 0 Å².